The summed E-state index contributed by atoms with van der Waals surface area (Å²) in [6.45, 7) is 9.16. The minimum absolute atomic E-state index is 0.350. The van der Waals surface area contributed by atoms with Gasteiger partial charge in [0, 0.05) is 31.5 Å². The van der Waals surface area contributed by atoms with Crippen LogP contribution in [0.25, 0.3) is 0 Å². The predicted octanol–water partition coefficient (Wildman–Crippen LogP) is 4.20. The summed E-state index contributed by atoms with van der Waals surface area (Å²) in [5.41, 5.74) is 16.2. The zero-order valence-corrected chi connectivity index (χ0v) is 20.3. The van der Waals surface area contributed by atoms with E-state index in [1.165, 1.54) is 5.56 Å². The molecule has 2 aromatic rings. The van der Waals surface area contributed by atoms with Gasteiger partial charge in [-0.25, -0.2) is 9.98 Å². The van der Waals surface area contributed by atoms with Crippen LogP contribution in [-0.4, -0.2) is 47.7 Å². The van der Waals surface area contributed by atoms with Crippen LogP contribution < -0.4 is 16.4 Å². The van der Waals surface area contributed by atoms with E-state index in [1.807, 2.05) is 26.0 Å². The number of aromatic nitrogens is 1. The van der Waals surface area contributed by atoms with E-state index >= 15 is 0 Å². The number of likely N-dealkylation sites (tertiary alicyclic amines) is 1. The van der Waals surface area contributed by atoms with Gasteiger partial charge in [-0.3, -0.25) is 14.8 Å². The van der Waals surface area contributed by atoms with Crippen molar-refractivity contribution in [3.63, 3.8) is 0 Å². The van der Waals surface area contributed by atoms with Crippen molar-refractivity contribution >= 4 is 23.2 Å². The van der Waals surface area contributed by atoms with Crippen molar-refractivity contribution in [2.75, 3.05) is 30.8 Å². The lowest BCUT2D eigenvalue weighted by atomic mass is 10.1. The van der Waals surface area contributed by atoms with E-state index in [0.717, 1.165) is 67.5 Å². The Kier molecular flexibility index (Phi) is 8.74. The van der Waals surface area contributed by atoms with Gasteiger partial charge in [0.2, 0.25) is 0 Å². The Hall–Kier alpha value is -3.03. The van der Waals surface area contributed by atoms with Gasteiger partial charge in [-0.1, -0.05) is 39.0 Å². The average molecular weight is 448 g/mol. The normalized spacial score (nSPS) is 19.5. The number of anilines is 2. The second kappa shape index (κ2) is 11.7. The molecule has 176 valence electrons. The van der Waals surface area contributed by atoms with E-state index in [1.54, 1.807) is 13.2 Å². The molecule has 0 bridgehead atoms. The third-order valence-corrected chi connectivity index (χ3v) is 5.80. The summed E-state index contributed by atoms with van der Waals surface area (Å²) >= 11 is 0. The summed E-state index contributed by atoms with van der Waals surface area (Å²) in [7, 11) is 1.80. The number of piperidine rings is 1. The molecule has 1 saturated heterocycles. The van der Waals surface area contributed by atoms with Gasteiger partial charge in [0.25, 0.3) is 0 Å². The molecule has 1 aromatic heterocycles. The fourth-order valence-corrected chi connectivity index (χ4v) is 4.13. The van der Waals surface area contributed by atoms with Crippen molar-refractivity contribution in [3.05, 3.63) is 65.5 Å². The Morgan fingerprint density at radius 2 is 1.82 bits per heavy atom. The van der Waals surface area contributed by atoms with Crippen LogP contribution in [0.1, 0.15) is 51.2 Å². The minimum Gasteiger partial charge on any atom is -0.383 e. The zero-order chi connectivity index (χ0) is 23.8. The molecule has 2 aliphatic heterocycles. The molecule has 1 aromatic carbocycles. The molecule has 0 amide bonds. The molecule has 4 N–H and O–H groups in total. The first-order chi connectivity index (χ1) is 16.1. The van der Waals surface area contributed by atoms with Crippen molar-refractivity contribution in [1.29, 1.82) is 0 Å². The highest BCUT2D eigenvalue weighted by atomic mass is 15.3. The maximum Gasteiger partial charge on any atom is 0.159 e. The highest BCUT2D eigenvalue weighted by molar-refractivity contribution is 6.34. The van der Waals surface area contributed by atoms with E-state index < -0.39 is 0 Å². The molecule has 0 radical (unpaired) electrons. The Balaban J connectivity index is 0.00000149. The fourth-order valence-electron chi connectivity index (χ4n) is 4.13. The number of hydrogen-bond acceptors (Lipinski definition) is 6. The van der Waals surface area contributed by atoms with Crippen LogP contribution in [0.5, 0.6) is 0 Å². The molecule has 1 fully saturated rings. The molecule has 0 saturated carbocycles. The lowest BCUT2D eigenvalue weighted by Gasteiger charge is -2.30. The van der Waals surface area contributed by atoms with Crippen LogP contribution in [0.2, 0.25) is 0 Å². The third kappa shape index (κ3) is 5.67. The summed E-state index contributed by atoms with van der Waals surface area (Å²) in [6, 6.07) is 12.8. The summed E-state index contributed by atoms with van der Waals surface area (Å²) < 4.78 is 0. The summed E-state index contributed by atoms with van der Waals surface area (Å²) in [4.78, 5) is 18.2. The van der Waals surface area contributed by atoms with Gasteiger partial charge in [-0.05, 0) is 62.2 Å². The highest BCUT2D eigenvalue weighted by Gasteiger charge is 2.31. The number of aliphatic imine (C=N–C) groups is 2. The molecule has 7 nitrogen and oxygen atoms in total. The topological polar surface area (TPSA) is 96.1 Å². The van der Waals surface area contributed by atoms with Crippen LogP contribution in [-0.2, 0) is 6.54 Å². The Bertz CT molecular complexity index is 1000. The van der Waals surface area contributed by atoms with Crippen LogP contribution in [0.3, 0.4) is 0 Å². The molecule has 3 heterocycles. The van der Waals surface area contributed by atoms with Gasteiger partial charge in [-0.15, -0.1) is 0 Å². The molecule has 4 rings (SSSR count). The summed E-state index contributed by atoms with van der Waals surface area (Å²) in [5, 5.41) is 0. The van der Waals surface area contributed by atoms with Gasteiger partial charge in [0.1, 0.15) is 11.5 Å². The SMILES string of the molecule is CC.CC/C=C1/N=C(c2cccnc2N)N(c2ccc(CN3CCC(N)CC3)cc2)C1=NC. The molecule has 2 aliphatic rings. The van der Waals surface area contributed by atoms with Crippen LogP contribution in [0.4, 0.5) is 11.5 Å². The predicted molar refractivity (Wildman–Crippen MR) is 140 cm³/mol. The van der Waals surface area contributed by atoms with Crippen molar-refractivity contribution < 1.29 is 0 Å². The van der Waals surface area contributed by atoms with Crippen LogP contribution >= 0.6 is 0 Å². The van der Waals surface area contributed by atoms with E-state index in [2.05, 4.69) is 57.0 Å². The lowest BCUT2D eigenvalue weighted by molar-refractivity contribution is 0.205. The molecular formula is C26H37N7. The minimum atomic E-state index is 0.350. The molecule has 0 aliphatic carbocycles. The highest BCUT2D eigenvalue weighted by Crippen LogP contribution is 2.29. The maximum absolute atomic E-state index is 6.19. The van der Waals surface area contributed by atoms with Crippen molar-refractivity contribution in [2.45, 2.75) is 52.6 Å². The standard InChI is InChI=1S/C24H31N7.C2H6/c1-3-5-21-24(27-2)31(23(29-21)20-6-4-13-28-22(20)26)19-9-7-17(8-10-19)16-30-14-11-18(25)12-15-30;1-2/h4-10,13,18H,3,11-12,14-16,25H2,1-2H3,(H2,26,28);1-2H3/b21-5+,27-24?;. The first-order valence-electron chi connectivity index (χ1n) is 11.9. The number of nitrogens with zero attached hydrogens (tertiary/aromatic N) is 5. The van der Waals surface area contributed by atoms with E-state index in [4.69, 9.17) is 16.5 Å². The second-order valence-corrected chi connectivity index (χ2v) is 8.03. The first kappa shape index (κ1) is 24.6. The van der Waals surface area contributed by atoms with E-state index in [-0.39, 0.29) is 0 Å². The molecule has 0 spiro atoms. The van der Waals surface area contributed by atoms with Crippen LogP contribution in [0.15, 0.2) is 64.4 Å². The van der Waals surface area contributed by atoms with Gasteiger partial charge >= 0.3 is 0 Å². The van der Waals surface area contributed by atoms with E-state index in [0.29, 0.717) is 11.9 Å². The summed E-state index contributed by atoms with van der Waals surface area (Å²) in [6.07, 6.45) is 6.80. The first-order valence-corrected chi connectivity index (χ1v) is 11.9. The number of nitrogens with two attached hydrogens (primary N) is 2. The number of benzene rings is 1. The molecule has 7 heteroatoms. The Labute approximate surface area is 197 Å². The summed E-state index contributed by atoms with van der Waals surface area (Å²) in [5.74, 6) is 2.03. The average Bonchev–Trinajstić information content (AvgIpc) is 3.21. The van der Waals surface area contributed by atoms with Crippen LogP contribution in [0, 0.1) is 0 Å². The van der Waals surface area contributed by atoms with Gasteiger partial charge in [0.15, 0.2) is 11.7 Å². The molecule has 0 atom stereocenters. The number of amidine groups is 2. The van der Waals surface area contributed by atoms with Crippen molar-refractivity contribution in [1.82, 2.24) is 9.88 Å². The number of allylic oxidation sites excluding steroid dienone is 1. The van der Waals surface area contributed by atoms with Gasteiger partial charge < -0.3 is 11.5 Å². The number of hydrogen-bond donors (Lipinski definition) is 2. The van der Waals surface area contributed by atoms with Gasteiger partial charge in [-0.2, -0.15) is 0 Å². The monoisotopic (exact) mass is 447 g/mol. The van der Waals surface area contributed by atoms with Gasteiger partial charge in [0.05, 0.1) is 5.56 Å². The number of nitrogen functional groups attached to an aromatic ring is 1. The fraction of sp³-hybridized carbons (Fsp3) is 0.423. The maximum atomic E-state index is 6.19. The molecular weight excluding hydrogens is 410 g/mol. The zero-order valence-electron chi connectivity index (χ0n) is 20.3. The Morgan fingerprint density at radius 3 is 2.42 bits per heavy atom. The van der Waals surface area contributed by atoms with Crippen molar-refractivity contribution in [2.24, 2.45) is 15.7 Å². The van der Waals surface area contributed by atoms with E-state index in [9.17, 15) is 0 Å². The molecule has 0 unspecified atom stereocenters. The third-order valence-electron chi connectivity index (χ3n) is 5.80. The second-order valence-electron chi connectivity index (χ2n) is 8.03. The smallest absolute Gasteiger partial charge is 0.159 e. The largest absolute Gasteiger partial charge is 0.383 e. The van der Waals surface area contributed by atoms with Crippen molar-refractivity contribution in [3.8, 4) is 0 Å². The lowest BCUT2D eigenvalue weighted by Crippen LogP contribution is -2.39. The quantitative estimate of drug-likeness (QED) is 0.716. The number of pyridine rings is 1. The number of rotatable bonds is 5. The Morgan fingerprint density at radius 1 is 1.12 bits per heavy atom. The molecule has 33 heavy (non-hydrogen) atoms.